The summed E-state index contributed by atoms with van der Waals surface area (Å²) in [6.07, 6.45) is 9.74. The van der Waals surface area contributed by atoms with E-state index >= 15 is 0 Å². The molecule has 13 nitrogen and oxygen atoms in total. The number of nitrogens with one attached hydrogen (secondary N) is 1. The molecule has 0 spiro atoms. The molecule has 2 saturated heterocycles. The number of hydrogen-bond donors (Lipinski definition) is 1. The number of ketones is 2. The Morgan fingerprint density at radius 3 is 2.35 bits per heavy atom. The number of fused-ring (bicyclic) bond motifs is 3. The van der Waals surface area contributed by atoms with Crippen molar-refractivity contribution in [2.45, 2.75) is 129 Å². The largest absolute Gasteiger partial charge is 0.343 e. The highest BCUT2D eigenvalue weighted by Gasteiger charge is 2.41. The first kappa shape index (κ1) is 48.1. The van der Waals surface area contributed by atoms with Gasteiger partial charge in [-0.1, -0.05) is 77.8 Å². The molecule has 0 radical (unpaired) electrons. The van der Waals surface area contributed by atoms with Crippen LogP contribution in [0.25, 0.3) is 16.3 Å². The van der Waals surface area contributed by atoms with Crippen molar-refractivity contribution < 1.29 is 19.2 Å². The summed E-state index contributed by atoms with van der Waals surface area (Å²) in [5, 5.41) is 18.6. The quantitative estimate of drug-likeness (QED) is 0.102. The molecule has 0 unspecified atom stereocenters. The molecular weight excluding hydrogens is 914 g/mol. The Bertz CT molecular complexity index is 2650. The number of aryl methyl sites for hydroxylation is 2. The van der Waals surface area contributed by atoms with Crippen molar-refractivity contribution in [3.8, 4) is 16.3 Å². The molecule has 1 aliphatic carbocycles. The number of amides is 2. The van der Waals surface area contributed by atoms with E-state index < -0.39 is 24.0 Å². The van der Waals surface area contributed by atoms with Crippen LogP contribution in [0.2, 0.25) is 5.02 Å². The van der Waals surface area contributed by atoms with Gasteiger partial charge in [-0.25, -0.2) is 0 Å². The third-order valence-corrected chi connectivity index (χ3v) is 17.1. The molecule has 2 amide bonds. The molecule has 4 atom stereocenters. The van der Waals surface area contributed by atoms with Crippen LogP contribution in [0.4, 0.5) is 0 Å². The predicted molar refractivity (Wildman–Crippen MR) is 268 cm³/mol. The van der Waals surface area contributed by atoms with Crippen LogP contribution >= 0.6 is 34.5 Å². The van der Waals surface area contributed by atoms with Crippen LogP contribution < -0.4 is 5.32 Å². The Hall–Kier alpha value is -4.96. The molecule has 6 heterocycles. The lowest BCUT2D eigenvalue weighted by Gasteiger charge is -2.34. The first-order valence-electron chi connectivity index (χ1n) is 24.5. The van der Waals surface area contributed by atoms with Gasteiger partial charge in [-0.3, -0.25) is 28.7 Å². The topological polar surface area (TPSA) is 156 Å². The van der Waals surface area contributed by atoms with Crippen LogP contribution in [0.15, 0.2) is 59.6 Å². The van der Waals surface area contributed by atoms with Gasteiger partial charge in [-0.05, 0) is 120 Å². The van der Waals surface area contributed by atoms with E-state index in [1.54, 1.807) is 16.2 Å². The zero-order chi connectivity index (χ0) is 47.5. The fourth-order valence-corrected chi connectivity index (χ4v) is 12.9. The van der Waals surface area contributed by atoms with E-state index in [4.69, 9.17) is 16.6 Å². The molecular formula is C52H62ClN9O4S2. The number of rotatable bonds is 16. The summed E-state index contributed by atoms with van der Waals surface area (Å²) in [5.74, 6) is 1.64. The SMILES string of the molecule is Cc1sc2c(c1C)C(c1ccc(Cl)cc1)=N[C@@H](CC(=O)N1CCC(CCN[C@@H](C)C(=O)C[C@H](C(=O)N3CCC[C@H]3C(=O)Cc3snnc3-c3ccccc3)C3CCCCC3)CC1)c1nnc(C)n1-2. The minimum Gasteiger partial charge on any atom is -0.343 e. The average molecular weight is 977 g/mol. The molecule has 16 heteroatoms. The molecule has 1 saturated carbocycles. The highest BCUT2D eigenvalue weighted by atomic mass is 35.5. The van der Waals surface area contributed by atoms with Crippen molar-refractivity contribution in [1.82, 2.24) is 39.5 Å². The normalized spacial score (nSPS) is 19.8. The van der Waals surface area contributed by atoms with Gasteiger partial charge in [-0.2, -0.15) is 0 Å². The van der Waals surface area contributed by atoms with Crippen LogP contribution in [0.1, 0.15) is 128 Å². The van der Waals surface area contributed by atoms with Gasteiger partial charge in [0.15, 0.2) is 11.6 Å². The second kappa shape index (κ2) is 21.4. The molecule has 9 rings (SSSR count). The highest BCUT2D eigenvalue weighted by molar-refractivity contribution is 7.15. The predicted octanol–water partition coefficient (Wildman–Crippen LogP) is 9.27. The molecule has 358 valence electrons. The fraction of sp³-hybridized carbons (Fsp3) is 0.519. The van der Waals surface area contributed by atoms with E-state index in [1.807, 2.05) is 73.3 Å². The summed E-state index contributed by atoms with van der Waals surface area (Å²) in [4.78, 5) is 67.7. The van der Waals surface area contributed by atoms with Crippen molar-refractivity contribution in [3.63, 3.8) is 0 Å². The number of piperidine rings is 1. The van der Waals surface area contributed by atoms with Crippen molar-refractivity contribution in [2.75, 3.05) is 26.2 Å². The van der Waals surface area contributed by atoms with Crippen LogP contribution in [0.3, 0.4) is 0 Å². The lowest BCUT2D eigenvalue weighted by atomic mass is 9.76. The zero-order valence-corrected chi connectivity index (χ0v) is 42.0. The fourth-order valence-electron chi connectivity index (χ4n) is 10.9. The van der Waals surface area contributed by atoms with Crippen LogP contribution in [-0.2, 0) is 25.6 Å². The van der Waals surface area contributed by atoms with Crippen LogP contribution in [0.5, 0.6) is 0 Å². The van der Waals surface area contributed by atoms with Gasteiger partial charge in [0.1, 0.15) is 28.3 Å². The maximum absolute atomic E-state index is 14.6. The van der Waals surface area contributed by atoms with E-state index in [1.165, 1.54) is 16.4 Å². The number of halogens is 1. The molecule has 68 heavy (non-hydrogen) atoms. The maximum atomic E-state index is 14.6. The number of hydrogen-bond acceptors (Lipinski definition) is 12. The molecule has 2 aromatic carbocycles. The Balaban J connectivity index is 0.785. The number of aromatic nitrogens is 5. The van der Waals surface area contributed by atoms with Gasteiger partial charge in [-0.15, -0.1) is 26.6 Å². The summed E-state index contributed by atoms with van der Waals surface area (Å²) in [6, 6.07) is 16.1. The number of carbonyl (C=O) groups excluding carboxylic acids is 4. The van der Waals surface area contributed by atoms with E-state index in [9.17, 15) is 19.2 Å². The summed E-state index contributed by atoms with van der Waals surface area (Å²) < 4.78 is 6.25. The molecule has 3 aliphatic heterocycles. The average Bonchev–Trinajstić information content (AvgIpc) is 4.16. The van der Waals surface area contributed by atoms with Crippen molar-refractivity contribution >= 4 is 63.6 Å². The van der Waals surface area contributed by atoms with Gasteiger partial charge in [0.05, 0.1) is 29.1 Å². The van der Waals surface area contributed by atoms with Gasteiger partial charge in [0.25, 0.3) is 0 Å². The van der Waals surface area contributed by atoms with E-state index in [2.05, 4.69) is 43.5 Å². The van der Waals surface area contributed by atoms with Crippen molar-refractivity contribution in [3.05, 3.63) is 97.7 Å². The maximum Gasteiger partial charge on any atom is 0.227 e. The zero-order valence-electron chi connectivity index (χ0n) is 39.6. The van der Waals surface area contributed by atoms with E-state index in [-0.39, 0.29) is 48.6 Å². The Morgan fingerprint density at radius 2 is 1.60 bits per heavy atom. The number of likely N-dealkylation sites (tertiary alicyclic amines) is 2. The third-order valence-electron chi connectivity index (χ3n) is 15.0. The Morgan fingerprint density at radius 1 is 0.853 bits per heavy atom. The summed E-state index contributed by atoms with van der Waals surface area (Å²) in [6.45, 7) is 10.6. The first-order valence-corrected chi connectivity index (χ1v) is 26.5. The van der Waals surface area contributed by atoms with Gasteiger partial charge in [0.2, 0.25) is 11.8 Å². The number of carbonyl (C=O) groups is 4. The smallest absolute Gasteiger partial charge is 0.227 e. The van der Waals surface area contributed by atoms with Crippen LogP contribution in [-0.4, -0.2) is 102 Å². The Labute approximate surface area is 412 Å². The van der Waals surface area contributed by atoms with Crippen molar-refractivity contribution in [1.29, 1.82) is 0 Å². The number of benzene rings is 2. The molecule has 5 aromatic rings. The summed E-state index contributed by atoms with van der Waals surface area (Å²) in [7, 11) is 0. The lowest BCUT2D eigenvalue weighted by Crippen LogP contribution is -2.47. The number of aliphatic imine (C=N–C) groups is 1. The van der Waals surface area contributed by atoms with Gasteiger partial charge < -0.3 is 15.1 Å². The molecule has 1 N–H and O–H groups in total. The lowest BCUT2D eigenvalue weighted by molar-refractivity contribution is -0.144. The first-order chi connectivity index (χ1) is 32.9. The highest BCUT2D eigenvalue weighted by Crippen LogP contribution is 2.41. The second-order valence-electron chi connectivity index (χ2n) is 19.3. The monoisotopic (exact) mass is 975 g/mol. The summed E-state index contributed by atoms with van der Waals surface area (Å²) >= 11 is 9.24. The minimum atomic E-state index is -0.512. The van der Waals surface area contributed by atoms with E-state index in [0.717, 1.165) is 107 Å². The van der Waals surface area contributed by atoms with E-state index in [0.29, 0.717) is 49.4 Å². The third kappa shape index (κ3) is 10.3. The van der Waals surface area contributed by atoms with Gasteiger partial charge >= 0.3 is 0 Å². The molecule has 3 aromatic heterocycles. The number of nitrogens with zero attached hydrogens (tertiary/aromatic N) is 8. The van der Waals surface area contributed by atoms with Crippen molar-refractivity contribution in [2.24, 2.45) is 22.7 Å². The second-order valence-corrected chi connectivity index (χ2v) is 21.8. The van der Waals surface area contributed by atoms with Gasteiger partial charge in [0, 0.05) is 65.0 Å². The van der Waals surface area contributed by atoms with Crippen LogP contribution in [0, 0.1) is 38.5 Å². The number of thiophene rings is 1. The number of Topliss-reactive ketones (excluding diaryl/α,β-unsaturated/α-hetero) is 2. The molecule has 3 fully saturated rings. The molecule has 4 aliphatic rings. The summed E-state index contributed by atoms with van der Waals surface area (Å²) in [5.41, 5.74) is 5.62. The standard InChI is InChI=1S/C52H62ClN9O4S2/c1-31-33(3)67-52-47(31)49(38-17-19-39(53)20-18-38)55-41(50-58-56-34(4)62(50)52)29-46(65)60-26-22-35(23-27-60)21-24-54-32(2)43(63)28-40(36-12-7-5-8-13-36)51(66)61-25-11-16-42(61)44(64)30-45-48(57-59-68-45)37-14-9-6-10-15-37/h6,9-10,14-15,17-20,32,35-36,40-42,54H,5,7-8,11-13,16,21-30H2,1-4H3/t32-,40-,41-,42-/m0/s1. The minimum absolute atomic E-state index is 0.0127. The Kier molecular flexibility index (Phi) is 15.1. The molecule has 0 bridgehead atoms.